The highest BCUT2D eigenvalue weighted by Gasteiger charge is 2.12. The maximum absolute atomic E-state index is 6.01. The molecule has 0 aliphatic heterocycles. The highest BCUT2D eigenvalue weighted by Crippen LogP contribution is 2.38. The fourth-order valence-corrected chi connectivity index (χ4v) is 1.89. The normalized spacial score (nSPS) is 12.7. The highest BCUT2D eigenvalue weighted by atomic mass is 35.5. The molecule has 0 N–H and O–H groups in total. The second-order valence-corrected chi connectivity index (χ2v) is 4.19. The van der Waals surface area contributed by atoms with Gasteiger partial charge >= 0.3 is 0 Å². The van der Waals surface area contributed by atoms with Crippen LogP contribution in [0.1, 0.15) is 17.7 Å². The summed E-state index contributed by atoms with van der Waals surface area (Å²) in [4.78, 5) is 0. The van der Waals surface area contributed by atoms with Gasteiger partial charge in [-0.2, -0.15) is 12.6 Å². The molecule has 1 unspecified atom stereocenters. The molecule has 1 aromatic rings. The zero-order chi connectivity index (χ0) is 10.0. The Balaban J connectivity index is 3.23. The van der Waals surface area contributed by atoms with Gasteiger partial charge in [-0.25, -0.2) is 0 Å². The molecule has 0 bridgehead atoms. The van der Waals surface area contributed by atoms with Gasteiger partial charge in [0.25, 0.3) is 0 Å². The van der Waals surface area contributed by atoms with Crippen molar-refractivity contribution in [1.29, 1.82) is 0 Å². The lowest BCUT2D eigenvalue weighted by atomic mass is 10.1. The van der Waals surface area contributed by atoms with E-state index in [1.165, 1.54) is 0 Å². The van der Waals surface area contributed by atoms with E-state index in [0.29, 0.717) is 15.8 Å². The molecule has 1 atom stereocenters. The van der Waals surface area contributed by atoms with Crippen LogP contribution in [0.3, 0.4) is 0 Å². The van der Waals surface area contributed by atoms with Crippen molar-refractivity contribution in [2.45, 2.75) is 12.2 Å². The first-order chi connectivity index (χ1) is 6.07. The fraction of sp³-hybridized carbons (Fsp3) is 0.333. The van der Waals surface area contributed by atoms with Gasteiger partial charge in [-0.3, -0.25) is 0 Å². The SMILES string of the molecule is COc1ccc(C(C)S)c(Cl)c1Cl. The number of benzene rings is 1. The Kier molecular flexibility index (Phi) is 3.77. The summed E-state index contributed by atoms with van der Waals surface area (Å²) in [6.07, 6.45) is 0. The van der Waals surface area contributed by atoms with Gasteiger partial charge in [-0.05, 0) is 18.6 Å². The van der Waals surface area contributed by atoms with Crippen molar-refractivity contribution in [3.8, 4) is 5.75 Å². The predicted octanol–water partition coefficient (Wildman–Crippen LogP) is 3.99. The summed E-state index contributed by atoms with van der Waals surface area (Å²) < 4.78 is 5.02. The molecule has 1 nitrogen and oxygen atoms in total. The van der Waals surface area contributed by atoms with Crippen molar-refractivity contribution in [3.05, 3.63) is 27.7 Å². The number of ether oxygens (including phenoxy) is 1. The average Bonchev–Trinajstić information content (AvgIpc) is 2.09. The summed E-state index contributed by atoms with van der Waals surface area (Å²) in [5.41, 5.74) is 0.913. The zero-order valence-electron chi connectivity index (χ0n) is 7.34. The third kappa shape index (κ3) is 2.25. The van der Waals surface area contributed by atoms with Crippen molar-refractivity contribution in [3.63, 3.8) is 0 Å². The van der Waals surface area contributed by atoms with Gasteiger partial charge in [0.15, 0.2) is 0 Å². The molecule has 0 spiro atoms. The number of hydrogen-bond donors (Lipinski definition) is 1. The second kappa shape index (κ2) is 4.45. The molecule has 0 heterocycles. The van der Waals surface area contributed by atoms with Gasteiger partial charge in [0.1, 0.15) is 10.8 Å². The first-order valence-corrected chi connectivity index (χ1v) is 5.05. The van der Waals surface area contributed by atoms with Crippen LogP contribution in [-0.4, -0.2) is 7.11 Å². The number of hydrogen-bond acceptors (Lipinski definition) is 2. The molecule has 0 aliphatic rings. The van der Waals surface area contributed by atoms with Crippen LogP contribution in [0, 0.1) is 0 Å². The van der Waals surface area contributed by atoms with Gasteiger partial charge in [0.2, 0.25) is 0 Å². The molecule has 0 saturated heterocycles. The highest BCUT2D eigenvalue weighted by molar-refractivity contribution is 7.80. The fourth-order valence-electron chi connectivity index (χ4n) is 1.03. The van der Waals surface area contributed by atoms with Crippen LogP contribution in [0.25, 0.3) is 0 Å². The van der Waals surface area contributed by atoms with Crippen LogP contribution in [0.4, 0.5) is 0 Å². The number of thiol groups is 1. The average molecular weight is 237 g/mol. The first-order valence-electron chi connectivity index (χ1n) is 3.78. The lowest BCUT2D eigenvalue weighted by molar-refractivity contribution is 0.415. The van der Waals surface area contributed by atoms with E-state index >= 15 is 0 Å². The smallest absolute Gasteiger partial charge is 0.138 e. The van der Waals surface area contributed by atoms with Crippen LogP contribution in [0.15, 0.2) is 12.1 Å². The van der Waals surface area contributed by atoms with Crippen LogP contribution < -0.4 is 4.74 Å². The molecule has 72 valence electrons. The maximum atomic E-state index is 6.01. The minimum absolute atomic E-state index is 0.0657. The summed E-state index contributed by atoms with van der Waals surface area (Å²) in [6.45, 7) is 1.94. The Hall–Kier alpha value is -0.0500. The minimum atomic E-state index is 0.0657. The third-order valence-corrected chi connectivity index (χ3v) is 2.90. The molecular formula is C9H10Cl2OS. The van der Waals surface area contributed by atoms with Crippen LogP contribution in [-0.2, 0) is 0 Å². The molecule has 0 fully saturated rings. The van der Waals surface area contributed by atoms with E-state index in [1.54, 1.807) is 13.2 Å². The minimum Gasteiger partial charge on any atom is -0.495 e. The Labute approximate surface area is 93.4 Å². The predicted molar refractivity (Wildman–Crippen MR) is 60.4 cm³/mol. The van der Waals surface area contributed by atoms with Crippen LogP contribution in [0.5, 0.6) is 5.75 Å². The van der Waals surface area contributed by atoms with E-state index < -0.39 is 0 Å². The van der Waals surface area contributed by atoms with Crippen LogP contribution in [0.2, 0.25) is 10.0 Å². The molecule has 13 heavy (non-hydrogen) atoms. The molecule has 0 saturated carbocycles. The lowest BCUT2D eigenvalue weighted by Crippen LogP contribution is -1.90. The quantitative estimate of drug-likeness (QED) is 0.765. The first kappa shape index (κ1) is 11.0. The Morgan fingerprint density at radius 1 is 1.31 bits per heavy atom. The lowest BCUT2D eigenvalue weighted by Gasteiger charge is -2.11. The van der Waals surface area contributed by atoms with Crippen molar-refractivity contribution in [2.24, 2.45) is 0 Å². The van der Waals surface area contributed by atoms with Crippen LogP contribution >= 0.6 is 35.8 Å². The number of rotatable bonds is 2. The van der Waals surface area contributed by atoms with Gasteiger partial charge in [-0.15, -0.1) is 0 Å². The van der Waals surface area contributed by atoms with Crippen molar-refractivity contribution in [1.82, 2.24) is 0 Å². The third-order valence-electron chi connectivity index (χ3n) is 1.75. The van der Waals surface area contributed by atoms with E-state index in [2.05, 4.69) is 12.6 Å². The van der Waals surface area contributed by atoms with E-state index in [-0.39, 0.29) is 5.25 Å². The Bertz CT molecular complexity index is 313. The number of halogens is 2. The summed E-state index contributed by atoms with van der Waals surface area (Å²) in [6, 6.07) is 3.65. The monoisotopic (exact) mass is 236 g/mol. The van der Waals surface area contributed by atoms with E-state index in [1.807, 2.05) is 13.0 Å². The van der Waals surface area contributed by atoms with Crippen molar-refractivity contribution >= 4 is 35.8 Å². The van der Waals surface area contributed by atoms with E-state index in [0.717, 1.165) is 5.56 Å². The summed E-state index contributed by atoms with van der Waals surface area (Å²) >= 11 is 16.2. The van der Waals surface area contributed by atoms with Crippen molar-refractivity contribution in [2.75, 3.05) is 7.11 Å². The Morgan fingerprint density at radius 2 is 1.92 bits per heavy atom. The van der Waals surface area contributed by atoms with E-state index in [9.17, 15) is 0 Å². The van der Waals surface area contributed by atoms with Gasteiger partial charge < -0.3 is 4.74 Å². The molecule has 0 radical (unpaired) electrons. The molecule has 4 heteroatoms. The number of methoxy groups -OCH3 is 1. The molecule has 0 aliphatic carbocycles. The largest absolute Gasteiger partial charge is 0.495 e. The molecule has 0 amide bonds. The topological polar surface area (TPSA) is 9.23 Å². The zero-order valence-corrected chi connectivity index (χ0v) is 9.75. The van der Waals surface area contributed by atoms with Gasteiger partial charge in [-0.1, -0.05) is 29.3 Å². The summed E-state index contributed by atoms with van der Waals surface area (Å²) in [7, 11) is 1.56. The maximum Gasteiger partial charge on any atom is 0.138 e. The van der Waals surface area contributed by atoms with Gasteiger partial charge in [0, 0.05) is 5.25 Å². The Morgan fingerprint density at radius 3 is 2.38 bits per heavy atom. The molecular weight excluding hydrogens is 227 g/mol. The van der Waals surface area contributed by atoms with Gasteiger partial charge in [0.05, 0.1) is 12.1 Å². The summed E-state index contributed by atoms with van der Waals surface area (Å²) in [5.74, 6) is 0.587. The van der Waals surface area contributed by atoms with E-state index in [4.69, 9.17) is 27.9 Å². The second-order valence-electron chi connectivity index (χ2n) is 2.66. The molecule has 1 rings (SSSR count). The standard InChI is InChI=1S/C9H10Cl2OS/c1-5(13)6-3-4-7(12-2)9(11)8(6)10/h3-5,13H,1-2H3. The van der Waals surface area contributed by atoms with Crippen molar-refractivity contribution < 1.29 is 4.74 Å². The summed E-state index contributed by atoms with van der Waals surface area (Å²) in [5, 5.41) is 1.03. The molecule has 0 aromatic heterocycles. The molecule has 1 aromatic carbocycles.